The lowest BCUT2D eigenvalue weighted by atomic mass is 10.1. The van der Waals surface area contributed by atoms with Gasteiger partial charge in [-0.15, -0.1) is 0 Å². The number of benzene rings is 1. The zero-order valence-electron chi connectivity index (χ0n) is 13.4. The Labute approximate surface area is 131 Å². The molecule has 1 aromatic carbocycles. The van der Waals surface area contributed by atoms with Crippen molar-refractivity contribution in [1.82, 2.24) is 10.2 Å². The van der Waals surface area contributed by atoms with Crippen LogP contribution in [0.5, 0.6) is 11.5 Å². The first-order valence-corrected chi connectivity index (χ1v) is 7.40. The molecular formula is C16H24N2O4. The normalized spacial score (nSPS) is 17.9. The fourth-order valence-corrected chi connectivity index (χ4v) is 2.44. The van der Waals surface area contributed by atoms with Gasteiger partial charge in [-0.05, 0) is 12.1 Å². The highest BCUT2D eigenvalue weighted by molar-refractivity contribution is 5.76. The van der Waals surface area contributed by atoms with Crippen molar-refractivity contribution in [2.45, 2.75) is 19.0 Å². The number of methoxy groups -OCH3 is 2. The summed E-state index contributed by atoms with van der Waals surface area (Å²) in [5, 5.41) is 3.29. The minimum atomic E-state index is 0.0841. The molecule has 0 aliphatic carbocycles. The summed E-state index contributed by atoms with van der Waals surface area (Å²) in [5.74, 6) is 1.54. The molecule has 1 saturated heterocycles. The van der Waals surface area contributed by atoms with E-state index >= 15 is 0 Å². The van der Waals surface area contributed by atoms with Crippen LogP contribution in [0.1, 0.15) is 12.0 Å². The van der Waals surface area contributed by atoms with Crippen LogP contribution >= 0.6 is 0 Å². The Morgan fingerprint density at radius 1 is 1.41 bits per heavy atom. The highest BCUT2D eigenvalue weighted by atomic mass is 16.5. The number of ether oxygens (including phenoxy) is 3. The zero-order valence-corrected chi connectivity index (χ0v) is 13.4. The van der Waals surface area contributed by atoms with Gasteiger partial charge in [-0.2, -0.15) is 0 Å². The summed E-state index contributed by atoms with van der Waals surface area (Å²) in [6.45, 7) is 2.60. The van der Waals surface area contributed by atoms with E-state index in [4.69, 9.17) is 14.2 Å². The van der Waals surface area contributed by atoms with Crippen LogP contribution in [0, 0.1) is 0 Å². The van der Waals surface area contributed by atoms with Crippen LogP contribution in [0.3, 0.4) is 0 Å². The molecule has 1 N–H and O–H groups in total. The molecule has 1 heterocycles. The van der Waals surface area contributed by atoms with Crippen LogP contribution in [-0.2, 0) is 16.1 Å². The molecule has 0 saturated carbocycles. The molecular weight excluding hydrogens is 284 g/mol. The van der Waals surface area contributed by atoms with Crippen LogP contribution in [0.15, 0.2) is 18.2 Å². The first-order chi connectivity index (χ1) is 10.6. The van der Waals surface area contributed by atoms with E-state index in [1.807, 2.05) is 18.2 Å². The van der Waals surface area contributed by atoms with E-state index in [9.17, 15) is 4.79 Å². The summed E-state index contributed by atoms with van der Waals surface area (Å²) >= 11 is 0. The van der Waals surface area contributed by atoms with Crippen molar-refractivity contribution in [3.63, 3.8) is 0 Å². The summed E-state index contributed by atoms with van der Waals surface area (Å²) < 4.78 is 15.9. The van der Waals surface area contributed by atoms with E-state index in [-0.39, 0.29) is 11.9 Å². The topological polar surface area (TPSA) is 60.0 Å². The quantitative estimate of drug-likeness (QED) is 0.851. The predicted molar refractivity (Wildman–Crippen MR) is 83.2 cm³/mol. The van der Waals surface area contributed by atoms with Gasteiger partial charge >= 0.3 is 0 Å². The lowest BCUT2D eigenvalue weighted by Crippen LogP contribution is -2.44. The highest BCUT2D eigenvalue weighted by Crippen LogP contribution is 2.25. The van der Waals surface area contributed by atoms with Crippen LogP contribution in [0.25, 0.3) is 0 Å². The molecule has 0 aromatic heterocycles. The average Bonchev–Trinajstić information content (AvgIpc) is 2.56. The number of hydrogen-bond donors (Lipinski definition) is 1. The maximum absolute atomic E-state index is 12.3. The van der Waals surface area contributed by atoms with Gasteiger partial charge in [0.15, 0.2) is 0 Å². The fourth-order valence-electron chi connectivity index (χ4n) is 2.44. The molecule has 1 unspecified atom stereocenters. The molecule has 1 aliphatic rings. The number of nitrogens with zero attached hydrogens (tertiary/aromatic N) is 1. The van der Waals surface area contributed by atoms with E-state index in [1.54, 1.807) is 26.2 Å². The number of rotatable bonds is 6. The molecule has 6 heteroatoms. The third-order valence-corrected chi connectivity index (χ3v) is 3.75. The maximum atomic E-state index is 12.3. The Bertz CT molecular complexity index is 501. The van der Waals surface area contributed by atoms with Gasteiger partial charge in [-0.1, -0.05) is 0 Å². The molecule has 1 fully saturated rings. The molecule has 122 valence electrons. The van der Waals surface area contributed by atoms with Gasteiger partial charge < -0.3 is 24.4 Å². The Morgan fingerprint density at radius 3 is 2.86 bits per heavy atom. The minimum absolute atomic E-state index is 0.0841. The van der Waals surface area contributed by atoms with Gasteiger partial charge in [0.05, 0.1) is 27.4 Å². The van der Waals surface area contributed by atoms with Crippen molar-refractivity contribution in [1.29, 1.82) is 0 Å². The Hall–Kier alpha value is -1.79. The summed E-state index contributed by atoms with van der Waals surface area (Å²) in [7, 11) is 5.03. The molecule has 0 spiro atoms. The average molecular weight is 308 g/mol. The maximum Gasteiger partial charge on any atom is 0.224 e. The summed E-state index contributed by atoms with van der Waals surface area (Å²) in [5.41, 5.74) is 0.951. The van der Waals surface area contributed by atoms with E-state index in [1.165, 1.54) is 0 Å². The van der Waals surface area contributed by atoms with Crippen molar-refractivity contribution < 1.29 is 19.0 Å². The van der Waals surface area contributed by atoms with Gasteiger partial charge in [0.1, 0.15) is 11.5 Å². The van der Waals surface area contributed by atoms with Crippen LogP contribution in [-0.4, -0.2) is 57.9 Å². The number of amides is 1. The molecule has 0 bridgehead atoms. The van der Waals surface area contributed by atoms with Crippen molar-refractivity contribution in [2.75, 3.05) is 41.0 Å². The first-order valence-electron chi connectivity index (χ1n) is 7.40. The Kier molecular flexibility index (Phi) is 6.03. The summed E-state index contributed by atoms with van der Waals surface area (Å²) in [4.78, 5) is 14.0. The van der Waals surface area contributed by atoms with E-state index in [0.29, 0.717) is 26.2 Å². The molecule has 1 atom stereocenters. The number of carbonyl (C=O) groups excluding carboxylic acids is 1. The lowest BCUT2D eigenvalue weighted by molar-refractivity contribution is -0.131. The van der Waals surface area contributed by atoms with Crippen LogP contribution < -0.4 is 14.8 Å². The molecule has 22 heavy (non-hydrogen) atoms. The minimum Gasteiger partial charge on any atom is -0.497 e. The Balaban J connectivity index is 1.95. The number of morpholine rings is 1. The second-order valence-corrected chi connectivity index (χ2v) is 5.36. The van der Waals surface area contributed by atoms with Gasteiger partial charge in [0.25, 0.3) is 0 Å². The van der Waals surface area contributed by atoms with Crippen molar-refractivity contribution >= 4 is 5.91 Å². The van der Waals surface area contributed by atoms with E-state index < -0.39 is 0 Å². The second kappa shape index (κ2) is 8.00. The number of carbonyl (C=O) groups is 1. The highest BCUT2D eigenvalue weighted by Gasteiger charge is 2.20. The summed E-state index contributed by atoms with van der Waals surface area (Å²) in [6.07, 6.45) is 0.439. The molecule has 1 amide bonds. The van der Waals surface area contributed by atoms with Gasteiger partial charge in [-0.3, -0.25) is 4.79 Å². The smallest absolute Gasteiger partial charge is 0.224 e. The van der Waals surface area contributed by atoms with E-state index in [2.05, 4.69) is 5.32 Å². The van der Waals surface area contributed by atoms with E-state index in [0.717, 1.165) is 23.6 Å². The molecule has 2 rings (SSSR count). The van der Waals surface area contributed by atoms with Crippen molar-refractivity contribution in [3.8, 4) is 11.5 Å². The van der Waals surface area contributed by atoms with Crippen molar-refractivity contribution in [3.05, 3.63) is 23.8 Å². The predicted octanol–water partition coefficient (Wildman–Crippen LogP) is 1.04. The monoisotopic (exact) mass is 308 g/mol. The first kappa shape index (κ1) is 16.6. The van der Waals surface area contributed by atoms with Crippen LogP contribution in [0.2, 0.25) is 0 Å². The number of nitrogens with one attached hydrogen (secondary N) is 1. The Morgan fingerprint density at radius 2 is 2.23 bits per heavy atom. The summed E-state index contributed by atoms with van der Waals surface area (Å²) in [6, 6.07) is 5.71. The van der Waals surface area contributed by atoms with Gasteiger partial charge in [0.2, 0.25) is 5.91 Å². The second-order valence-electron chi connectivity index (χ2n) is 5.36. The third kappa shape index (κ3) is 4.35. The standard InChI is InChI=1S/C16H24N2O4/c1-18(16(19)8-13-11-22-7-6-17-13)10-12-4-5-14(20-2)9-15(12)21-3/h4-5,9,13,17H,6-8,10-11H2,1-3H3. The molecule has 1 aromatic rings. The van der Waals surface area contributed by atoms with Crippen LogP contribution in [0.4, 0.5) is 0 Å². The zero-order chi connectivity index (χ0) is 15.9. The molecule has 6 nitrogen and oxygen atoms in total. The third-order valence-electron chi connectivity index (χ3n) is 3.75. The number of hydrogen-bond acceptors (Lipinski definition) is 5. The largest absolute Gasteiger partial charge is 0.497 e. The lowest BCUT2D eigenvalue weighted by Gasteiger charge is -2.26. The molecule has 0 radical (unpaired) electrons. The van der Waals surface area contributed by atoms with Gasteiger partial charge in [-0.25, -0.2) is 0 Å². The van der Waals surface area contributed by atoms with Gasteiger partial charge in [0, 0.05) is 44.2 Å². The van der Waals surface area contributed by atoms with Crippen molar-refractivity contribution in [2.24, 2.45) is 0 Å². The SMILES string of the molecule is COc1ccc(CN(C)C(=O)CC2COCCN2)c(OC)c1. The fraction of sp³-hybridized carbons (Fsp3) is 0.562. The molecule has 1 aliphatic heterocycles.